The van der Waals surface area contributed by atoms with E-state index in [4.69, 9.17) is 0 Å². The Morgan fingerprint density at radius 2 is 1.06 bits per heavy atom. The average Bonchev–Trinajstić information content (AvgIpc) is 2.69. The van der Waals surface area contributed by atoms with Crippen molar-refractivity contribution in [3.8, 4) is 0 Å². The highest BCUT2D eigenvalue weighted by atomic mass is 32.1. The molecule has 0 saturated heterocycles. The maximum absolute atomic E-state index is 2.28. The van der Waals surface area contributed by atoms with Crippen LogP contribution in [0.3, 0.4) is 0 Å². The molecule has 16 heavy (non-hydrogen) atoms. The number of aryl methyl sites for hydroxylation is 4. The van der Waals surface area contributed by atoms with Gasteiger partial charge < -0.3 is 0 Å². The zero-order valence-electron chi connectivity index (χ0n) is 9.97. The third-order valence-corrected chi connectivity index (χ3v) is 5.81. The Morgan fingerprint density at radius 3 is 1.44 bits per heavy atom. The third kappa shape index (κ3) is 1.20. The molecule has 2 heteroatoms. The molecular weight excluding hydrogens is 232 g/mol. The second-order valence-corrected chi connectivity index (χ2v) is 6.89. The molecule has 0 N–H and O–H groups in total. The fourth-order valence-corrected chi connectivity index (χ4v) is 4.47. The molecule has 82 valence electrons. The zero-order valence-corrected chi connectivity index (χ0v) is 11.6. The topological polar surface area (TPSA) is 0 Å². The second-order valence-electron chi connectivity index (χ2n) is 4.38. The van der Waals surface area contributed by atoms with Gasteiger partial charge in [-0.2, -0.15) is 0 Å². The first kappa shape index (κ1) is 10.3. The van der Waals surface area contributed by atoms with E-state index in [9.17, 15) is 0 Å². The van der Waals surface area contributed by atoms with Crippen molar-refractivity contribution < 1.29 is 0 Å². The van der Waals surface area contributed by atoms with Crippen molar-refractivity contribution in [1.82, 2.24) is 0 Å². The van der Waals surface area contributed by atoms with Crippen molar-refractivity contribution in [1.29, 1.82) is 0 Å². The van der Waals surface area contributed by atoms with Crippen LogP contribution in [-0.2, 0) is 0 Å². The van der Waals surface area contributed by atoms with E-state index in [0.717, 1.165) is 0 Å². The normalized spacial score (nSPS) is 11.8. The Bertz CT molecular complexity index is 637. The lowest BCUT2D eigenvalue weighted by molar-refractivity contribution is 1.46. The Hall–Kier alpha value is -0.860. The molecule has 0 fully saturated rings. The highest BCUT2D eigenvalue weighted by Crippen LogP contribution is 2.40. The van der Waals surface area contributed by atoms with Crippen molar-refractivity contribution in [2.45, 2.75) is 27.7 Å². The van der Waals surface area contributed by atoms with Gasteiger partial charge in [-0.05, 0) is 51.0 Å². The Morgan fingerprint density at radius 1 is 0.688 bits per heavy atom. The fourth-order valence-electron chi connectivity index (χ4n) is 2.31. The quantitative estimate of drug-likeness (QED) is 0.501. The molecule has 0 radical (unpaired) electrons. The van der Waals surface area contributed by atoms with E-state index >= 15 is 0 Å². The Labute approximate surface area is 104 Å². The van der Waals surface area contributed by atoms with Gasteiger partial charge >= 0.3 is 0 Å². The monoisotopic (exact) mass is 246 g/mol. The van der Waals surface area contributed by atoms with Crippen LogP contribution in [0.2, 0.25) is 0 Å². The average molecular weight is 246 g/mol. The Balaban J connectivity index is 2.66. The smallest absolute Gasteiger partial charge is 0.0355 e. The first-order valence-corrected chi connectivity index (χ1v) is 7.11. The van der Waals surface area contributed by atoms with Crippen LogP contribution >= 0.6 is 22.7 Å². The molecule has 0 spiro atoms. The number of fused-ring (bicyclic) bond motifs is 3. The number of hydrogen-bond donors (Lipinski definition) is 0. The summed E-state index contributed by atoms with van der Waals surface area (Å²) in [5.74, 6) is 0. The van der Waals surface area contributed by atoms with Gasteiger partial charge in [0.05, 0.1) is 0 Å². The third-order valence-electron chi connectivity index (χ3n) is 3.46. The molecule has 0 unspecified atom stereocenters. The van der Waals surface area contributed by atoms with E-state index < -0.39 is 0 Å². The van der Waals surface area contributed by atoms with Crippen LogP contribution in [0, 0.1) is 27.7 Å². The van der Waals surface area contributed by atoms with E-state index in [1.807, 2.05) is 22.7 Å². The van der Waals surface area contributed by atoms with Gasteiger partial charge in [-0.25, -0.2) is 0 Å². The van der Waals surface area contributed by atoms with Gasteiger partial charge in [-0.3, -0.25) is 0 Å². The van der Waals surface area contributed by atoms with Crippen LogP contribution in [0.4, 0.5) is 0 Å². The predicted octanol–water partition coefficient (Wildman–Crippen LogP) is 5.35. The van der Waals surface area contributed by atoms with Crippen molar-refractivity contribution in [3.63, 3.8) is 0 Å². The van der Waals surface area contributed by atoms with Gasteiger partial charge in [0.1, 0.15) is 0 Å². The summed E-state index contributed by atoms with van der Waals surface area (Å²) >= 11 is 3.83. The van der Waals surface area contributed by atoms with Crippen molar-refractivity contribution in [3.05, 3.63) is 33.0 Å². The number of hydrogen-bond acceptors (Lipinski definition) is 2. The molecule has 1 aromatic carbocycles. The van der Waals surface area contributed by atoms with Gasteiger partial charge in [-0.1, -0.05) is 0 Å². The van der Waals surface area contributed by atoms with Crippen molar-refractivity contribution in [2.24, 2.45) is 0 Å². The van der Waals surface area contributed by atoms with E-state index in [-0.39, 0.29) is 0 Å². The molecule has 0 atom stereocenters. The highest BCUT2D eigenvalue weighted by Gasteiger charge is 2.13. The lowest BCUT2D eigenvalue weighted by Crippen LogP contribution is -1.76. The number of benzene rings is 1. The fraction of sp³-hybridized carbons (Fsp3) is 0.286. The van der Waals surface area contributed by atoms with Crippen LogP contribution in [-0.4, -0.2) is 0 Å². The molecule has 0 aliphatic rings. The summed E-state index contributed by atoms with van der Waals surface area (Å²) in [6, 6.07) is 4.55. The molecule has 0 aliphatic carbocycles. The van der Waals surface area contributed by atoms with Gasteiger partial charge in [0.15, 0.2) is 0 Å². The molecule has 3 aromatic rings. The minimum Gasteiger partial charge on any atom is -0.140 e. The summed E-state index contributed by atoms with van der Waals surface area (Å²) in [6.07, 6.45) is 0. The van der Waals surface area contributed by atoms with Crippen LogP contribution < -0.4 is 0 Å². The van der Waals surface area contributed by atoms with Gasteiger partial charge in [0.2, 0.25) is 0 Å². The molecule has 0 aliphatic heterocycles. The maximum atomic E-state index is 2.28. The van der Waals surface area contributed by atoms with E-state index in [1.54, 1.807) is 0 Å². The number of thiophene rings is 2. The zero-order chi connectivity index (χ0) is 11.4. The van der Waals surface area contributed by atoms with Crippen LogP contribution in [0.15, 0.2) is 12.1 Å². The van der Waals surface area contributed by atoms with Crippen LogP contribution in [0.5, 0.6) is 0 Å². The molecule has 0 amide bonds. The first-order chi connectivity index (χ1) is 7.59. The summed E-state index contributed by atoms with van der Waals surface area (Å²) in [4.78, 5) is 2.90. The second kappa shape index (κ2) is 3.31. The largest absolute Gasteiger partial charge is 0.140 e. The minimum atomic E-state index is 1.43. The predicted molar refractivity (Wildman–Crippen MR) is 76.2 cm³/mol. The van der Waals surface area contributed by atoms with Gasteiger partial charge in [-0.15, -0.1) is 22.7 Å². The summed E-state index contributed by atoms with van der Waals surface area (Å²) in [5.41, 5.74) is 2.93. The first-order valence-electron chi connectivity index (χ1n) is 5.48. The summed E-state index contributed by atoms with van der Waals surface area (Å²) < 4.78 is 2.87. The lowest BCUT2D eigenvalue weighted by Gasteiger charge is -1.98. The van der Waals surface area contributed by atoms with Crippen molar-refractivity contribution >= 4 is 42.8 Å². The molecule has 0 saturated carbocycles. The molecule has 0 nitrogen and oxygen atoms in total. The summed E-state index contributed by atoms with van der Waals surface area (Å²) in [5, 5.41) is 2.98. The molecule has 0 bridgehead atoms. The van der Waals surface area contributed by atoms with Crippen LogP contribution in [0.1, 0.15) is 20.9 Å². The van der Waals surface area contributed by atoms with E-state index in [1.165, 1.54) is 41.1 Å². The molecular formula is C14H14S2. The number of rotatable bonds is 0. The van der Waals surface area contributed by atoms with Crippen LogP contribution in [0.25, 0.3) is 20.2 Å². The molecule has 2 aromatic heterocycles. The highest BCUT2D eigenvalue weighted by molar-refractivity contribution is 7.21. The Kier molecular flexibility index (Phi) is 2.13. The lowest BCUT2D eigenvalue weighted by atomic mass is 10.0. The standard InChI is InChI=1S/C14H14S2/c1-7-9(3)15-11-5-6-12-14(13(7)11)8(2)10(4)16-12/h5-6H,1-4H3. The summed E-state index contributed by atoms with van der Waals surface area (Å²) in [7, 11) is 0. The molecule has 2 heterocycles. The van der Waals surface area contributed by atoms with E-state index in [0.29, 0.717) is 0 Å². The SMILES string of the molecule is Cc1sc2ccc3sc(C)c(C)c3c2c1C. The summed E-state index contributed by atoms with van der Waals surface area (Å²) in [6.45, 7) is 8.95. The van der Waals surface area contributed by atoms with E-state index in [2.05, 4.69) is 39.8 Å². The van der Waals surface area contributed by atoms with Gasteiger partial charge in [0, 0.05) is 29.9 Å². The molecule has 3 rings (SSSR count). The minimum absolute atomic E-state index is 1.43. The van der Waals surface area contributed by atoms with Crippen molar-refractivity contribution in [2.75, 3.05) is 0 Å². The maximum Gasteiger partial charge on any atom is 0.0355 e. The van der Waals surface area contributed by atoms with Gasteiger partial charge in [0.25, 0.3) is 0 Å².